The molecule has 1 heterocycles. The van der Waals surface area contributed by atoms with Crippen LogP contribution < -0.4 is 9.46 Å². The Hall–Kier alpha value is -1.86. The number of nitrogens with zero attached hydrogens (tertiary/aromatic N) is 2. The van der Waals surface area contributed by atoms with Crippen LogP contribution in [0.4, 0.5) is 5.82 Å². The van der Waals surface area contributed by atoms with Crippen molar-refractivity contribution in [3.8, 4) is 11.5 Å². The number of sulfonamides is 1. The maximum Gasteiger partial charge on any atom is 0.236 e. The fourth-order valence-corrected chi connectivity index (χ4v) is 5.31. The third kappa shape index (κ3) is 6.57. The number of para-hydroxylation sites is 1. The van der Waals surface area contributed by atoms with Gasteiger partial charge in [0.05, 0.1) is 5.25 Å². The minimum atomic E-state index is -3.63. The van der Waals surface area contributed by atoms with Crippen LogP contribution in [0.5, 0.6) is 11.5 Å². The standard InChI is InChI=1S/C21H28ClN3O3S/c22-20-19(28-17-12-8-7-9-13-17)21(24-16-23-20)25-29(26,27)18-14-10-5-3-1-2-4-6-11-15-18/h7-9,12-13,16,18H,1-6,10-11,14-15H2,(H,23,24,25). The van der Waals surface area contributed by atoms with Crippen LogP contribution in [0.1, 0.15) is 64.2 Å². The second kappa shape index (κ2) is 10.8. The van der Waals surface area contributed by atoms with Crippen LogP contribution >= 0.6 is 11.6 Å². The van der Waals surface area contributed by atoms with Crippen molar-refractivity contribution in [1.29, 1.82) is 0 Å². The Morgan fingerprint density at radius 1 is 0.897 bits per heavy atom. The van der Waals surface area contributed by atoms with Gasteiger partial charge in [0.15, 0.2) is 11.0 Å². The quantitative estimate of drug-likeness (QED) is 0.584. The van der Waals surface area contributed by atoms with Crippen molar-refractivity contribution >= 4 is 27.4 Å². The Morgan fingerprint density at radius 2 is 1.48 bits per heavy atom. The summed E-state index contributed by atoms with van der Waals surface area (Å²) in [6.45, 7) is 0. The highest BCUT2D eigenvalue weighted by Gasteiger charge is 2.27. The number of benzene rings is 1. The summed E-state index contributed by atoms with van der Waals surface area (Å²) in [6, 6.07) is 9.01. The van der Waals surface area contributed by atoms with E-state index in [1.165, 1.54) is 32.0 Å². The minimum Gasteiger partial charge on any atom is -0.450 e. The van der Waals surface area contributed by atoms with Crippen LogP contribution in [-0.2, 0) is 10.0 Å². The molecule has 0 aliphatic heterocycles. The molecule has 1 aliphatic rings. The van der Waals surface area contributed by atoms with E-state index in [4.69, 9.17) is 16.3 Å². The molecule has 0 saturated heterocycles. The second-order valence-electron chi connectivity index (χ2n) is 7.43. The first kappa shape index (κ1) is 21.8. The number of hydrogen-bond donors (Lipinski definition) is 1. The van der Waals surface area contributed by atoms with Crippen molar-refractivity contribution in [3.05, 3.63) is 41.8 Å². The Balaban J connectivity index is 1.78. The maximum absolute atomic E-state index is 13.1. The van der Waals surface area contributed by atoms with Gasteiger partial charge in [0.1, 0.15) is 12.1 Å². The number of aromatic nitrogens is 2. The van der Waals surface area contributed by atoms with Crippen molar-refractivity contribution in [2.24, 2.45) is 0 Å². The monoisotopic (exact) mass is 437 g/mol. The van der Waals surface area contributed by atoms with Gasteiger partial charge in [-0.25, -0.2) is 18.4 Å². The predicted molar refractivity (Wildman–Crippen MR) is 116 cm³/mol. The number of hydrogen-bond acceptors (Lipinski definition) is 5. The Morgan fingerprint density at radius 3 is 2.10 bits per heavy atom. The highest BCUT2D eigenvalue weighted by atomic mass is 35.5. The number of halogens is 1. The van der Waals surface area contributed by atoms with Gasteiger partial charge in [-0.15, -0.1) is 0 Å². The molecule has 6 nitrogen and oxygen atoms in total. The summed E-state index contributed by atoms with van der Waals surface area (Å²) in [4.78, 5) is 8.03. The summed E-state index contributed by atoms with van der Waals surface area (Å²) in [5.74, 6) is 0.711. The van der Waals surface area contributed by atoms with Crippen molar-refractivity contribution in [3.63, 3.8) is 0 Å². The molecule has 1 aliphatic carbocycles. The van der Waals surface area contributed by atoms with Gasteiger partial charge in [-0.05, 0) is 25.0 Å². The lowest BCUT2D eigenvalue weighted by atomic mass is 10.1. The average molecular weight is 438 g/mol. The van der Waals surface area contributed by atoms with Gasteiger partial charge in [0.2, 0.25) is 15.8 Å². The van der Waals surface area contributed by atoms with Crippen LogP contribution in [0.3, 0.4) is 0 Å². The molecule has 1 aromatic heterocycles. The van der Waals surface area contributed by atoms with E-state index in [0.717, 1.165) is 25.7 Å². The smallest absolute Gasteiger partial charge is 0.236 e. The van der Waals surface area contributed by atoms with E-state index < -0.39 is 15.3 Å². The molecule has 158 valence electrons. The molecular formula is C21H28ClN3O3S. The zero-order valence-electron chi connectivity index (χ0n) is 16.5. The fraction of sp³-hybridized carbons (Fsp3) is 0.524. The third-order valence-electron chi connectivity index (χ3n) is 5.20. The van der Waals surface area contributed by atoms with E-state index in [9.17, 15) is 8.42 Å². The Bertz CT molecular complexity index is 866. The molecule has 1 N–H and O–H groups in total. The van der Waals surface area contributed by atoms with E-state index >= 15 is 0 Å². The van der Waals surface area contributed by atoms with E-state index in [1.807, 2.05) is 18.2 Å². The van der Waals surface area contributed by atoms with Gasteiger partial charge in [0.25, 0.3) is 0 Å². The predicted octanol–water partition coefficient (Wildman–Crippen LogP) is 5.95. The lowest BCUT2D eigenvalue weighted by Gasteiger charge is -2.19. The molecule has 1 fully saturated rings. The molecule has 0 amide bonds. The third-order valence-corrected chi connectivity index (χ3v) is 7.30. The molecule has 0 bridgehead atoms. The summed E-state index contributed by atoms with van der Waals surface area (Å²) in [5.41, 5.74) is 0. The highest BCUT2D eigenvalue weighted by molar-refractivity contribution is 7.93. The molecule has 0 atom stereocenters. The fourth-order valence-electron chi connectivity index (χ4n) is 3.60. The summed E-state index contributed by atoms with van der Waals surface area (Å²) in [6.07, 6.45) is 11.4. The molecule has 1 aromatic carbocycles. The van der Waals surface area contributed by atoms with Gasteiger partial charge in [0, 0.05) is 0 Å². The highest BCUT2D eigenvalue weighted by Crippen LogP contribution is 2.35. The first-order valence-corrected chi connectivity index (χ1v) is 12.2. The van der Waals surface area contributed by atoms with E-state index in [0.29, 0.717) is 18.6 Å². The SMILES string of the molecule is O=S(=O)(Nc1ncnc(Cl)c1Oc1ccccc1)C1CCCCCCCCCC1. The van der Waals surface area contributed by atoms with Crippen LogP contribution in [0, 0.1) is 0 Å². The topological polar surface area (TPSA) is 81.2 Å². The zero-order valence-corrected chi connectivity index (χ0v) is 18.1. The summed E-state index contributed by atoms with van der Waals surface area (Å²) in [5, 5.41) is -0.386. The summed E-state index contributed by atoms with van der Waals surface area (Å²) >= 11 is 6.19. The number of ether oxygens (including phenoxy) is 1. The molecule has 0 spiro atoms. The van der Waals surface area contributed by atoms with Crippen LogP contribution in [0.2, 0.25) is 5.15 Å². The largest absolute Gasteiger partial charge is 0.450 e. The molecular weight excluding hydrogens is 410 g/mol. The van der Waals surface area contributed by atoms with E-state index in [1.54, 1.807) is 12.1 Å². The molecule has 2 aromatic rings. The van der Waals surface area contributed by atoms with Crippen molar-refractivity contribution in [2.75, 3.05) is 4.72 Å². The molecule has 8 heteroatoms. The van der Waals surface area contributed by atoms with Crippen molar-refractivity contribution < 1.29 is 13.2 Å². The molecule has 0 unspecified atom stereocenters. The number of rotatable bonds is 5. The van der Waals surface area contributed by atoms with E-state index in [2.05, 4.69) is 14.7 Å². The van der Waals surface area contributed by atoms with Crippen LogP contribution in [0.15, 0.2) is 36.7 Å². The molecule has 3 rings (SSSR count). The summed E-state index contributed by atoms with van der Waals surface area (Å²) in [7, 11) is -3.63. The van der Waals surface area contributed by atoms with Gasteiger partial charge >= 0.3 is 0 Å². The van der Waals surface area contributed by atoms with Crippen molar-refractivity contribution in [2.45, 2.75) is 69.5 Å². The Labute approximate surface area is 178 Å². The molecule has 0 radical (unpaired) electrons. The average Bonchev–Trinajstić information content (AvgIpc) is 2.77. The first-order valence-electron chi connectivity index (χ1n) is 10.3. The van der Waals surface area contributed by atoms with Crippen LogP contribution in [-0.4, -0.2) is 23.6 Å². The first-order chi connectivity index (χ1) is 14.1. The summed E-state index contributed by atoms with van der Waals surface area (Å²) < 4.78 is 34.7. The van der Waals surface area contributed by atoms with Crippen molar-refractivity contribution in [1.82, 2.24) is 9.97 Å². The van der Waals surface area contributed by atoms with Gasteiger partial charge < -0.3 is 4.74 Å². The molecule has 1 saturated carbocycles. The van der Waals surface area contributed by atoms with Gasteiger partial charge in [-0.1, -0.05) is 81.2 Å². The lowest BCUT2D eigenvalue weighted by Crippen LogP contribution is -2.28. The zero-order chi connectivity index (χ0) is 20.5. The normalized spacial score (nSPS) is 17.3. The lowest BCUT2D eigenvalue weighted by molar-refractivity contribution is 0.480. The maximum atomic E-state index is 13.1. The Kier molecular flexibility index (Phi) is 8.12. The van der Waals surface area contributed by atoms with Crippen LogP contribution in [0.25, 0.3) is 0 Å². The van der Waals surface area contributed by atoms with Gasteiger partial charge in [-0.3, -0.25) is 4.72 Å². The number of nitrogens with one attached hydrogen (secondary N) is 1. The van der Waals surface area contributed by atoms with Gasteiger partial charge in [-0.2, -0.15) is 0 Å². The van der Waals surface area contributed by atoms with E-state index in [-0.39, 0.29) is 16.7 Å². The second-order valence-corrected chi connectivity index (χ2v) is 9.75. The molecule has 29 heavy (non-hydrogen) atoms. The minimum absolute atomic E-state index is 0.0593. The number of anilines is 1.